The van der Waals surface area contributed by atoms with Gasteiger partial charge in [0.05, 0.1) is 18.2 Å². The number of aldehydes is 1. The van der Waals surface area contributed by atoms with Crippen molar-refractivity contribution in [3.63, 3.8) is 0 Å². The number of rotatable bonds is 5. The molecule has 0 heterocycles. The summed E-state index contributed by atoms with van der Waals surface area (Å²) in [6.45, 7) is 0.858. The number of nitriles is 1. The monoisotopic (exact) mass is 205 g/mol. The van der Waals surface area contributed by atoms with Gasteiger partial charge in [-0.3, -0.25) is 4.79 Å². The van der Waals surface area contributed by atoms with Crippen molar-refractivity contribution in [2.45, 2.75) is 0 Å². The number of carbonyl (C=O) groups is 1. The van der Waals surface area contributed by atoms with Gasteiger partial charge in [-0.15, -0.1) is 0 Å². The van der Waals surface area contributed by atoms with Gasteiger partial charge in [0.1, 0.15) is 18.6 Å². The van der Waals surface area contributed by atoms with Crippen molar-refractivity contribution in [2.75, 3.05) is 20.3 Å². The molecule has 0 spiro atoms. The highest BCUT2D eigenvalue weighted by atomic mass is 16.5. The van der Waals surface area contributed by atoms with E-state index in [0.717, 1.165) is 0 Å². The van der Waals surface area contributed by atoms with E-state index in [9.17, 15) is 4.79 Å². The molecule has 0 aromatic heterocycles. The summed E-state index contributed by atoms with van der Waals surface area (Å²) in [4.78, 5) is 10.6. The van der Waals surface area contributed by atoms with Gasteiger partial charge < -0.3 is 9.47 Å². The van der Waals surface area contributed by atoms with Crippen molar-refractivity contribution in [3.8, 4) is 11.8 Å². The Labute approximate surface area is 88.0 Å². The predicted octanol–water partition coefficient (Wildman–Crippen LogP) is 1.40. The van der Waals surface area contributed by atoms with Crippen LogP contribution in [-0.2, 0) is 4.74 Å². The lowest BCUT2D eigenvalue weighted by atomic mass is 10.1. The second-order valence-electron chi connectivity index (χ2n) is 2.86. The second kappa shape index (κ2) is 5.78. The van der Waals surface area contributed by atoms with Crippen molar-refractivity contribution in [3.05, 3.63) is 29.3 Å². The van der Waals surface area contributed by atoms with E-state index < -0.39 is 0 Å². The van der Waals surface area contributed by atoms with Crippen molar-refractivity contribution < 1.29 is 14.3 Å². The van der Waals surface area contributed by atoms with Crippen LogP contribution in [0, 0.1) is 11.3 Å². The normalized spacial score (nSPS) is 9.33. The summed E-state index contributed by atoms with van der Waals surface area (Å²) in [7, 11) is 1.58. The number of hydrogen-bond acceptors (Lipinski definition) is 4. The molecular formula is C11H11NO3. The molecule has 0 N–H and O–H groups in total. The Bertz CT molecular complexity index is 382. The zero-order valence-corrected chi connectivity index (χ0v) is 8.40. The van der Waals surface area contributed by atoms with Crippen LogP contribution in [0.15, 0.2) is 18.2 Å². The van der Waals surface area contributed by atoms with Crippen LogP contribution in [0.5, 0.6) is 5.75 Å². The highest BCUT2D eigenvalue weighted by molar-refractivity contribution is 5.76. The van der Waals surface area contributed by atoms with Crippen molar-refractivity contribution in [1.82, 2.24) is 0 Å². The third-order valence-electron chi connectivity index (χ3n) is 1.75. The zero-order chi connectivity index (χ0) is 11.1. The molecule has 1 aromatic rings. The number of methoxy groups -OCH3 is 1. The fraction of sp³-hybridized carbons (Fsp3) is 0.273. The lowest BCUT2D eigenvalue weighted by Gasteiger charge is -2.06. The highest BCUT2D eigenvalue weighted by Crippen LogP contribution is 2.15. The van der Waals surface area contributed by atoms with Crippen molar-refractivity contribution in [1.29, 1.82) is 5.26 Å². The van der Waals surface area contributed by atoms with Gasteiger partial charge in [-0.25, -0.2) is 0 Å². The first-order chi connectivity index (χ1) is 7.30. The minimum atomic E-state index is 0.393. The van der Waals surface area contributed by atoms with Crippen LogP contribution >= 0.6 is 0 Å². The maximum absolute atomic E-state index is 10.6. The standard InChI is InChI=1S/C11H11NO3/c1-14-2-3-15-11-5-9(7-12)4-10(6-11)8-13/h4-6,8H,2-3H2,1H3. The molecule has 0 aliphatic heterocycles. The van der Waals surface area contributed by atoms with Crippen LogP contribution in [-0.4, -0.2) is 26.6 Å². The summed E-state index contributed by atoms with van der Waals surface area (Å²) in [5.74, 6) is 0.508. The minimum absolute atomic E-state index is 0.393. The Morgan fingerprint density at radius 1 is 1.40 bits per heavy atom. The molecule has 0 saturated carbocycles. The van der Waals surface area contributed by atoms with Gasteiger partial charge in [-0.1, -0.05) is 0 Å². The van der Waals surface area contributed by atoms with Crippen LogP contribution < -0.4 is 4.74 Å². The summed E-state index contributed by atoms with van der Waals surface area (Å²) in [5, 5.41) is 8.71. The summed E-state index contributed by atoms with van der Waals surface area (Å²) < 4.78 is 10.1. The Kier molecular flexibility index (Phi) is 4.32. The summed E-state index contributed by atoms with van der Waals surface area (Å²) in [6, 6.07) is 6.65. The zero-order valence-electron chi connectivity index (χ0n) is 8.40. The van der Waals surface area contributed by atoms with Gasteiger partial charge in [-0.05, 0) is 18.2 Å². The van der Waals surface area contributed by atoms with E-state index in [1.807, 2.05) is 6.07 Å². The third-order valence-corrected chi connectivity index (χ3v) is 1.75. The van der Waals surface area contributed by atoms with Crippen LogP contribution in [0.25, 0.3) is 0 Å². The summed E-state index contributed by atoms with van der Waals surface area (Å²) >= 11 is 0. The van der Waals surface area contributed by atoms with Gasteiger partial charge in [0.2, 0.25) is 0 Å². The Morgan fingerprint density at radius 3 is 2.80 bits per heavy atom. The van der Waals surface area contributed by atoms with Gasteiger partial charge >= 0.3 is 0 Å². The molecule has 0 unspecified atom stereocenters. The first-order valence-electron chi connectivity index (χ1n) is 4.42. The maximum atomic E-state index is 10.6. The molecule has 4 nitrogen and oxygen atoms in total. The van der Waals surface area contributed by atoms with E-state index in [1.54, 1.807) is 19.2 Å². The summed E-state index contributed by atoms with van der Waals surface area (Å²) in [6.07, 6.45) is 0.685. The first kappa shape index (κ1) is 11.2. The van der Waals surface area contributed by atoms with E-state index >= 15 is 0 Å². The molecule has 78 valence electrons. The predicted molar refractivity (Wildman–Crippen MR) is 53.9 cm³/mol. The molecule has 0 amide bonds. The topological polar surface area (TPSA) is 59.3 Å². The molecule has 1 aromatic carbocycles. The largest absolute Gasteiger partial charge is 0.491 e. The minimum Gasteiger partial charge on any atom is -0.491 e. The Hall–Kier alpha value is -1.86. The van der Waals surface area contributed by atoms with Gasteiger partial charge in [-0.2, -0.15) is 5.26 Å². The number of ether oxygens (including phenoxy) is 2. The molecule has 0 radical (unpaired) electrons. The fourth-order valence-corrected chi connectivity index (χ4v) is 1.08. The van der Waals surface area contributed by atoms with Gasteiger partial charge in [0.15, 0.2) is 0 Å². The summed E-state index contributed by atoms with van der Waals surface area (Å²) in [5.41, 5.74) is 0.841. The van der Waals surface area contributed by atoms with Crippen LogP contribution in [0.4, 0.5) is 0 Å². The van der Waals surface area contributed by atoms with Crippen LogP contribution in [0.3, 0.4) is 0 Å². The number of nitrogens with zero attached hydrogens (tertiary/aromatic N) is 1. The van der Waals surface area contributed by atoms with Crippen LogP contribution in [0.2, 0.25) is 0 Å². The smallest absolute Gasteiger partial charge is 0.150 e. The maximum Gasteiger partial charge on any atom is 0.150 e. The molecule has 0 bridgehead atoms. The molecule has 0 saturated heterocycles. The average Bonchev–Trinajstić information content (AvgIpc) is 2.29. The molecule has 4 heteroatoms. The van der Waals surface area contributed by atoms with Crippen molar-refractivity contribution in [2.24, 2.45) is 0 Å². The van der Waals surface area contributed by atoms with Crippen molar-refractivity contribution >= 4 is 6.29 Å². The number of hydrogen-bond donors (Lipinski definition) is 0. The van der Waals surface area contributed by atoms with E-state index in [-0.39, 0.29) is 0 Å². The third kappa shape index (κ3) is 3.41. The van der Waals surface area contributed by atoms with E-state index in [1.165, 1.54) is 6.07 Å². The lowest BCUT2D eigenvalue weighted by Crippen LogP contribution is -2.04. The Balaban J connectivity index is 2.79. The highest BCUT2D eigenvalue weighted by Gasteiger charge is 2.00. The van der Waals surface area contributed by atoms with E-state index in [0.29, 0.717) is 36.4 Å². The Morgan fingerprint density at radius 2 is 2.20 bits per heavy atom. The van der Waals surface area contributed by atoms with E-state index in [2.05, 4.69) is 0 Å². The molecule has 1 rings (SSSR count). The van der Waals surface area contributed by atoms with Gasteiger partial charge in [0, 0.05) is 12.7 Å². The molecule has 0 aliphatic rings. The second-order valence-corrected chi connectivity index (χ2v) is 2.86. The fourth-order valence-electron chi connectivity index (χ4n) is 1.08. The molecule has 0 aliphatic carbocycles. The van der Waals surface area contributed by atoms with Crippen LogP contribution in [0.1, 0.15) is 15.9 Å². The lowest BCUT2D eigenvalue weighted by molar-refractivity contribution is 0.112. The first-order valence-corrected chi connectivity index (χ1v) is 4.42. The number of carbonyl (C=O) groups excluding carboxylic acids is 1. The molecular weight excluding hydrogens is 194 g/mol. The van der Waals surface area contributed by atoms with E-state index in [4.69, 9.17) is 14.7 Å². The quantitative estimate of drug-likeness (QED) is 0.538. The SMILES string of the molecule is COCCOc1cc(C#N)cc(C=O)c1. The number of benzene rings is 1. The molecule has 15 heavy (non-hydrogen) atoms. The molecule has 0 atom stereocenters. The average molecular weight is 205 g/mol. The van der Waals surface area contributed by atoms with Gasteiger partial charge in [0.25, 0.3) is 0 Å². The molecule has 0 fully saturated rings.